The van der Waals surface area contributed by atoms with Gasteiger partial charge in [-0.3, -0.25) is 0 Å². The third-order valence-electron chi connectivity index (χ3n) is 3.18. The number of rotatable bonds is 4. The molecule has 2 rings (SSSR count). The van der Waals surface area contributed by atoms with Crippen LogP contribution in [0.1, 0.15) is 23.1 Å². The summed E-state index contributed by atoms with van der Waals surface area (Å²) in [7, 11) is -2.98. The Morgan fingerprint density at radius 3 is 2.71 bits per heavy atom. The molecule has 0 amide bonds. The fraction of sp³-hybridized carbons (Fsp3) is 0.538. The van der Waals surface area contributed by atoms with E-state index in [0.717, 1.165) is 12.0 Å². The summed E-state index contributed by atoms with van der Waals surface area (Å²) in [6.45, 7) is 0. The van der Waals surface area contributed by atoms with Gasteiger partial charge in [0, 0.05) is 12.3 Å². The summed E-state index contributed by atoms with van der Waals surface area (Å²) in [4.78, 5) is 0. The Kier molecular flexibility index (Phi) is 3.54. The van der Waals surface area contributed by atoms with Gasteiger partial charge in [-0.15, -0.1) is 0 Å². The Morgan fingerprint density at radius 1 is 1.29 bits per heavy atom. The van der Waals surface area contributed by atoms with Crippen molar-refractivity contribution >= 4 is 9.84 Å². The fourth-order valence-electron chi connectivity index (χ4n) is 2.50. The van der Waals surface area contributed by atoms with Crippen LogP contribution in [0.4, 0.5) is 0 Å². The molecule has 1 unspecified atom stereocenters. The first-order chi connectivity index (χ1) is 7.94. The maximum atomic E-state index is 11.1. The Hall–Kier alpha value is -0.870. The average molecular weight is 253 g/mol. The third kappa shape index (κ3) is 3.54. The minimum Gasteiger partial charge on any atom is -0.326 e. The highest BCUT2D eigenvalue weighted by Crippen LogP contribution is 2.23. The van der Waals surface area contributed by atoms with Gasteiger partial charge in [-0.25, -0.2) is 8.42 Å². The average Bonchev–Trinajstić information content (AvgIpc) is 2.61. The maximum absolute atomic E-state index is 11.1. The van der Waals surface area contributed by atoms with Crippen LogP contribution in [0.15, 0.2) is 18.2 Å². The number of nitrogens with two attached hydrogens (primary N) is 1. The van der Waals surface area contributed by atoms with Crippen molar-refractivity contribution in [1.29, 1.82) is 0 Å². The highest BCUT2D eigenvalue weighted by molar-refractivity contribution is 7.90. The lowest BCUT2D eigenvalue weighted by Gasteiger charge is -2.11. The number of hydrogen-bond acceptors (Lipinski definition) is 3. The summed E-state index contributed by atoms with van der Waals surface area (Å²) in [5.41, 5.74) is 9.86. The Bertz CT molecular complexity index is 508. The van der Waals surface area contributed by atoms with Gasteiger partial charge in [-0.2, -0.15) is 0 Å². The minimum atomic E-state index is -2.98. The van der Waals surface area contributed by atoms with E-state index in [1.807, 2.05) is 0 Å². The molecular weight excluding hydrogens is 234 g/mol. The second kappa shape index (κ2) is 4.78. The predicted octanol–water partition coefficient (Wildman–Crippen LogP) is 1.09. The van der Waals surface area contributed by atoms with Crippen LogP contribution in [0.3, 0.4) is 0 Å². The van der Waals surface area contributed by atoms with Crippen LogP contribution in [0, 0.1) is 0 Å². The first-order valence-corrected chi connectivity index (χ1v) is 8.04. The van der Waals surface area contributed by atoms with Crippen LogP contribution in [-0.2, 0) is 29.1 Å². The summed E-state index contributed by atoms with van der Waals surface area (Å²) < 4.78 is 22.3. The first-order valence-electron chi connectivity index (χ1n) is 5.98. The summed E-state index contributed by atoms with van der Waals surface area (Å²) in [5, 5.41) is 0. The molecular formula is C13H19NO2S. The summed E-state index contributed by atoms with van der Waals surface area (Å²) in [6, 6.07) is 6.12. The van der Waals surface area contributed by atoms with Crippen LogP contribution < -0.4 is 5.73 Å². The van der Waals surface area contributed by atoms with Crippen LogP contribution in [0.2, 0.25) is 0 Å². The molecule has 17 heavy (non-hydrogen) atoms. The second-order valence-electron chi connectivity index (χ2n) is 5.01. The molecule has 2 N–H and O–H groups in total. The van der Waals surface area contributed by atoms with Crippen molar-refractivity contribution in [2.75, 3.05) is 12.0 Å². The van der Waals surface area contributed by atoms with Gasteiger partial charge in [-0.1, -0.05) is 18.2 Å². The van der Waals surface area contributed by atoms with Crippen molar-refractivity contribution in [3.8, 4) is 0 Å². The minimum absolute atomic E-state index is 0.0596. The molecule has 0 aromatic heterocycles. The van der Waals surface area contributed by atoms with Crippen LogP contribution in [-0.4, -0.2) is 26.5 Å². The molecule has 0 spiro atoms. The molecule has 0 fully saturated rings. The van der Waals surface area contributed by atoms with Gasteiger partial charge in [0.1, 0.15) is 9.84 Å². The molecule has 1 aromatic carbocycles. The molecule has 0 radical (unpaired) electrons. The summed E-state index contributed by atoms with van der Waals surface area (Å²) >= 11 is 0. The van der Waals surface area contributed by atoms with E-state index in [0.29, 0.717) is 6.42 Å². The van der Waals surface area contributed by atoms with Crippen molar-refractivity contribution < 1.29 is 8.42 Å². The number of aryl methyl sites for hydroxylation is 2. The van der Waals surface area contributed by atoms with Crippen molar-refractivity contribution in [3.63, 3.8) is 0 Å². The fourth-order valence-corrected chi connectivity index (χ4v) is 3.40. The van der Waals surface area contributed by atoms with E-state index in [1.54, 1.807) is 0 Å². The molecule has 1 aliphatic rings. The summed E-state index contributed by atoms with van der Waals surface area (Å²) in [5.74, 6) is 0.0596. The van der Waals surface area contributed by atoms with E-state index in [9.17, 15) is 8.42 Å². The number of benzene rings is 1. The molecule has 3 nitrogen and oxygen atoms in total. The highest BCUT2D eigenvalue weighted by atomic mass is 32.2. The number of fused-ring (bicyclic) bond motifs is 1. The van der Waals surface area contributed by atoms with Crippen LogP contribution >= 0.6 is 0 Å². The van der Waals surface area contributed by atoms with E-state index in [2.05, 4.69) is 18.2 Å². The molecule has 4 heteroatoms. The standard InChI is InChI=1S/C13H19NO2S/c1-17(15,16)9-13(14)8-10-5-6-11-3-2-4-12(11)7-10/h5-7,13H,2-4,8-9,14H2,1H3. The smallest absolute Gasteiger partial charge is 0.148 e. The monoisotopic (exact) mass is 253 g/mol. The van der Waals surface area contributed by atoms with E-state index in [-0.39, 0.29) is 11.8 Å². The molecule has 1 aromatic rings. The molecule has 1 aliphatic carbocycles. The largest absolute Gasteiger partial charge is 0.326 e. The van der Waals surface area contributed by atoms with E-state index in [4.69, 9.17) is 5.73 Å². The van der Waals surface area contributed by atoms with E-state index in [1.165, 1.54) is 30.2 Å². The van der Waals surface area contributed by atoms with Crippen molar-refractivity contribution in [2.24, 2.45) is 5.73 Å². The number of sulfone groups is 1. The zero-order valence-electron chi connectivity index (χ0n) is 10.1. The van der Waals surface area contributed by atoms with Gasteiger partial charge in [0.25, 0.3) is 0 Å². The Labute approximate surface area is 103 Å². The van der Waals surface area contributed by atoms with Gasteiger partial charge in [-0.05, 0) is 42.4 Å². The molecule has 0 aliphatic heterocycles. The van der Waals surface area contributed by atoms with Crippen molar-refractivity contribution in [2.45, 2.75) is 31.7 Å². The van der Waals surface area contributed by atoms with Gasteiger partial charge in [0.15, 0.2) is 0 Å². The third-order valence-corrected chi connectivity index (χ3v) is 4.21. The molecule has 1 atom stereocenters. The van der Waals surface area contributed by atoms with E-state index >= 15 is 0 Å². The Balaban J connectivity index is 2.04. The molecule has 0 bridgehead atoms. The topological polar surface area (TPSA) is 60.2 Å². The predicted molar refractivity (Wildman–Crippen MR) is 69.9 cm³/mol. The lowest BCUT2D eigenvalue weighted by atomic mass is 10.0. The molecule has 0 saturated carbocycles. The molecule has 0 saturated heterocycles. The van der Waals surface area contributed by atoms with Crippen molar-refractivity contribution in [3.05, 3.63) is 34.9 Å². The second-order valence-corrected chi connectivity index (χ2v) is 7.20. The van der Waals surface area contributed by atoms with Crippen LogP contribution in [0.25, 0.3) is 0 Å². The lowest BCUT2D eigenvalue weighted by molar-refractivity contribution is 0.591. The lowest BCUT2D eigenvalue weighted by Crippen LogP contribution is -2.31. The summed E-state index contributed by atoms with van der Waals surface area (Å²) in [6.07, 6.45) is 5.42. The Morgan fingerprint density at radius 2 is 2.00 bits per heavy atom. The van der Waals surface area contributed by atoms with E-state index < -0.39 is 9.84 Å². The maximum Gasteiger partial charge on any atom is 0.148 e. The SMILES string of the molecule is CS(=O)(=O)CC(N)Cc1ccc2c(c1)CCC2. The quantitative estimate of drug-likeness (QED) is 0.874. The molecule has 94 valence electrons. The zero-order valence-corrected chi connectivity index (χ0v) is 11.0. The van der Waals surface area contributed by atoms with Gasteiger partial charge >= 0.3 is 0 Å². The highest BCUT2D eigenvalue weighted by Gasteiger charge is 2.14. The number of hydrogen-bond donors (Lipinski definition) is 1. The van der Waals surface area contributed by atoms with Crippen molar-refractivity contribution in [1.82, 2.24) is 0 Å². The first kappa shape index (κ1) is 12.6. The van der Waals surface area contributed by atoms with Gasteiger partial charge < -0.3 is 5.73 Å². The van der Waals surface area contributed by atoms with Gasteiger partial charge in [0.05, 0.1) is 5.75 Å². The zero-order chi connectivity index (χ0) is 12.5. The molecule has 0 heterocycles. The van der Waals surface area contributed by atoms with Gasteiger partial charge in [0.2, 0.25) is 0 Å². The normalized spacial score (nSPS) is 16.8. The van der Waals surface area contributed by atoms with Crippen LogP contribution in [0.5, 0.6) is 0 Å².